The molecule has 0 spiro atoms. The smallest absolute Gasteiger partial charge is 0.418 e. The zero-order chi connectivity index (χ0) is 32.1. The molecular formula is C28H30ClF5N4O5. The van der Waals surface area contributed by atoms with Gasteiger partial charge in [0.1, 0.15) is 29.0 Å². The number of carboxylic acid groups (broad SMARTS) is 1. The van der Waals surface area contributed by atoms with Crippen LogP contribution in [0.4, 0.5) is 33.3 Å². The molecule has 0 bridgehead atoms. The lowest BCUT2D eigenvalue weighted by Gasteiger charge is -2.25. The third-order valence-electron chi connectivity index (χ3n) is 6.44. The molecule has 1 saturated heterocycles. The van der Waals surface area contributed by atoms with Crippen LogP contribution in [0, 0.1) is 17.6 Å². The predicted molar refractivity (Wildman–Crippen MR) is 151 cm³/mol. The van der Waals surface area contributed by atoms with Gasteiger partial charge < -0.3 is 30.9 Å². The third-order valence-corrected chi connectivity index (χ3v) is 6.81. The van der Waals surface area contributed by atoms with Crippen LogP contribution in [0.5, 0.6) is 5.75 Å². The largest absolute Gasteiger partial charge is 0.490 e. The lowest BCUT2D eigenvalue weighted by Crippen LogP contribution is -2.28. The topological polar surface area (TPSA) is 137 Å². The minimum atomic E-state index is -4.94. The van der Waals surface area contributed by atoms with Crippen LogP contribution in [0.3, 0.4) is 0 Å². The average Bonchev–Trinajstić information content (AvgIpc) is 3.33. The van der Waals surface area contributed by atoms with Crippen LogP contribution in [0.2, 0.25) is 5.02 Å². The molecule has 1 atom stereocenters. The van der Waals surface area contributed by atoms with Crippen LogP contribution >= 0.6 is 11.6 Å². The van der Waals surface area contributed by atoms with Crippen molar-refractivity contribution < 1.29 is 46.5 Å². The van der Waals surface area contributed by atoms with Crippen molar-refractivity contribution in [3.8, 4) is 5.75 Å². The number of halogens is 6. The number of nitrogens with two attached hydrogens (primary N) is 1. The average molecular weight is 633 g/mol. The number of benzene rings is 2. The summed E-state index contributed by atoms with van der Waals surface area (Å²) in [5, 5.41) is 21.0. The summed E-state index contributed by atoms with van der Waals surface area (Å²) < 4.78 is 74.9. The van der Waals surface area contributed by atoms with Crippen molar-refractivity contribution in [1.29, 1.82) is 0 Å². The van der Waals surface area contributed by atoms with E-state index in [0.717, 1.165) is 24.4 Å². The number of aliphatic hydroxyl groups excluding tert-OH is 1. The summed E-state index contributed by atoms with van der Waals surface area (Å²) in [5.74, 6) is -5.00. The molecule has 1 aliphatic heterocycles. The molecule has 2 aromatic carbocycles. The number of aliphatic carboxylic acids is 1. The number of hydrogen-bond donors (Lipinski definition) is 4. The zero-order valence-corrected chi connectivity index (χ0v) is 23.9. The Hall–Kier alpha value is -3.91. The normalized spacial score (nSPS) is 16.1. The van der Waals surface area contributed by atoms with Crippen LogP contribution < -0.4 is 20.7 Å². The lowest BCUT2D eigenvalue weighted by molar-refractivity contribution is -0.137. The molecule has 234 valence electrons. The number of carbonyl (C=O) groups excluding carboxylic acids is 1. The Balaban J connectivity index is 1.90. The second-order valence-electron chi connectivity index (χ2n) is 9.99. The number of nitrogens with one attached hydrogen (secondary N) is 1. The fraction of sp³-hybridized carbons (Fsp3) is 0.393. The molecule has 0 saturated carbocycles. The first-order valence-corrected chi connectivity index (χ1v) is 13.4. The third kappa shape index (κ3) is 8.57. The van der Waals surface area contributed by atoms with Crippen LogP contribution in [0.1, 0.15) is 31.4 Å². The lowest BCUT2D eigenvalue weighted by atomic mass is 9.98. The first kappa shape index (κ1) is 33.6. The molecule has 3 rings (SSSR count). The van der Waals surface area contributed by atoms with E-state index in [1.54, 1.807) is 13.8 Å². The molecule has 1 fully saturated rings. The highest BCUT2D eigenvalue weighted by Crippen LogP contribution is 2.40. The Morgan fingerprint density at radius 1 is 1.26 bits per heavy atom. The van der Waals surface area contributed by atoms with Gasteiger partial charge in [-0.1, -0.05) is 25.4 Å². The molecule has 0 aromatic heterocycles. The van der Waals surface area contributed by atoms with E-state index in [1.165, 1.54) is 4.90 Å². The minimum absolute atomic E-state index is 0.00511. The van der Waals surface area contributed by atoms with E-state index in [-0.39, 0.29) is 54.5 Å². The van der Waals surface area contributed by atoms with Crippen molar-refractivity contribution in [3.05, 3.63) is 63.8 Å². The van der Waals surface area contributed by atoms with Crippen molar-refractivity contribution in [1.82, 2.24) is 0 Å². The number of aliphatic imine (C=N–C) groups is 1. The standard InChI is InChI=1S/C28H30ClF5N4O5/c1-14(2)26(36-4-6-43-23-10-16(30)9-20(31)25(23)29)18(12-35)27(42)37-21-7-15(8-24(40)41)22(11-19(21)28(32,33)34)38-5-3-17(39)13-38/h7,9-12,14,17,39H,3-6,8,13,35H2,1-2H3,(H,37,42)(H,40,41)/t17-/m1/s1. The van der Waals surface area contributed by atoms with Gasteiger partial charge >= 0.3 is 12.1 Å². The highest BCUT2D eigenvalue weighted by molar-refractivity contribution is 6.32. The van der Waals surface area contributed by atoms with Crippen LogP contribution in [-0.2, 0) is 22.2 Å². The fourth-order valence-corrected chi connectivity index (χ4v) is 4.70. The molecule has 0 aliphatic carbocycles. The number of nitrogens with zero attached hydrogens (tertiary/aromatic N) is 2. The molecule has 1 aliphatic rings. The highest BCUT2D eigenvalue weighted by Gasteiger charge is 2.37. The van der Waals surface area contributed by atoms with Crippen molar-refractivity contribution in [2.24, 2.45) is 16.6 Å². The number of ether oxygens (including phenoxy) is 1. The Morgan fingerprint density at radius 2 is 1.95 bits per heavy atom. The molecule has 5 N–H and O–H groups in total. The van der Waals surface area contributed by atoms with Gasteiger partial charge in [-0.25, -0.2) is 8.78 Å². The van der Waals surface area contributed by atoms with Gasteiger partial charge in [-0.05, 0) is 30.0 Å². The van der Waals surface area contributed by atoms with E-state index in [2.05, 4.69) is 10.3 Å². The summed E-state index contributed by atoms with van der Waals surface area (Å²) in [6.07, 6.45) is -5.19. The van der Waals surface area contributed by atoms with E-state index in [0.29, 0.717) is 12.5 Å². The first-order chi connectivity index (χ1) is 20.1. The molecule has 9 nitrogen and oxygen atoms in total. The van der Waals surface area contributed by atoms with E-state index in [1.807, 2.05) is 0 Å². The van der Waals surface area contributed by atoms with Gasteiger partial charge in [-0.15, -0.1) is 0 Å². The number of amides is 1. The molecule has 1 heterocycles. The summed E-state index contributed by atoms with van der Waals surface area (Å²) in [7, 11) is 0. The Morgan fingerprint density at radius 3 is 2.51 bits per heavy atom. The number of hydrogen-bond acceptors (Lipinski definition) is 7. The zero-order valence-electron chi connectivity index (χ0n) is 23.1. The van der Waals surface area contributed by atoms with Crippen LogP contribution in [-0.4, -0.2) is 60.1 Å². The molecule has 0 unspecified atom stereocenters. The van der Waals surface area contributed by atoms with Crippen molar-refractivity contribution >= 4 is 40.6 Å². The summed E-state index contributed by atoms with van der Waals surface area (Å²) in [4.78, 5) is 30.5. The van der Waals surface area contributed by atoms with E-state index in [4.69, 9.17) is 22.1 Å². The first-order valence-electron chi connectivity index (χ1n) is 13.1. The molecule has 2 aromatic rings. The summed E-state index contributed by atoms with van der Waals surface area (Å²) in [5.41, 5.74) is 3.61. The van der Waals surface area contributed by atoms with Crippen molar-refractivity contribution in [2.75, 3.05) is 36.5 Å². The minimum Gasteiger partial charge on any atom is -0.490 e. The number of carbonyl (C=O) groups is 2. The number of alkyl halides is 3. The van der Waals surface area contributed by atoms with Gasteiger partial charge in [0.05, 0.1) is 41.6 Å². The number of anilines is 2. The van der Waals surface area contributed by atoms with Gasteiger partial charge in [0, 0.05) is 37.1 Å². The van der Waals surface area contributed by atoms with E-state index in [9.17, 15) is 41.8 Å². The Labute approximate surface area is 248 Å². The second kappa shape index (κ2) is 14.0. The highest BCUT2D eigenvalue weighted by atomic mass is 35.5. The Bertz CT molecular complexity index is 1430. The maximum Gasteiger partial charge on any atom is 0.418 e. The van der Waals surface area contributed by atoms with Crippen molar-refractivity contribution in [3.63, 3.8) is 0 Å². The predicted octanol–water partition coefficient (Wildman–Crippen LogP) is 4.79. The number of β-amino-alcohol motifs (C(OH)–C–C–N with tert-alkyl or cyclic N) is 1. The van der Waals surface area contributed by atoms with Crippen molar-refractivity contribution in [2.45, 2.75) is 39.0 Å². The Kier molecular flexibility index (Phi) is 11.0. The van der Waals surface area contributed by atoms with Gasteiger partial charge in [0.25, 0.3) is 5.91 Å². The van der Waals surface area contributed by atoms with Crippen LogP contribution in [0.15, 0.2) is 41.0 Å². The molecule has 1 amide bonds. The summed E-state index contributed by atoms with van der Waals surface area (Å²) >= 11 is 5.78. The summed E-state index contributed by atoms with van der Waals surface area (Å²) in [6, 6.07) is 3.17. The van der Waals surface area contributed by atoms with E-state index < -0.39 is 64.4 Å². The quantitative estimate of drug-likeness (QED) is 0.0919. The monoisotopic (exact) mass is 632 g/mol. The maximum absolute atomic E-state index is 14.2. The second-order valence-corrected chi connectivity index (χ2v) is 10.4. The maximum atomic E-state index is 14.2. The fourth-order valence-electron chi connectivity index (χ4n) is 4.54. The van der Waals surface area contributed by atoms with Gasteiger partial charge in [0.2, 0.25) is 0 Å². The summed E-state index contributed by atoms with van der Waals surface area (Å²) in [6.45, 7) is 3.19. The molecule has 43 heavy (non-hydrogen) atoms. The van der Waals surface area contributed by atoms with Crippen LogP contribution in [0.25, 0.3) is 0 Å². The van der Waals surface area contributed by atoms with Gasteiger partial charge in [-0.3, -0.25) is 14.6 Å². The van der Waals surface area contributed by atoms with E-state index >= 15 is 0 Å². The van der Waals surface area contributed by atoms with Gasteiger partial charge in [-0.2, -0.15) is 13.2 Å². The SMILES string of the molecule is CC(C)C(=NCCOc1cc(F)cc(F)c1Cl)C(=CN)C(=O)Nc1cc(CC(=O)O)c(N2CC[C@@H](O)C2)cc1C(F)(F)F. The number of aliphatic hydroxyl groups is 1. The number of rotatable bonds is 11. The number of carboxylic acids is 1. The molecular weight excluding hydrogens is 603 g/mol. The van der Waals surface area contributed by atoms with Gasteiger partial charge in [0.15, 0.2) is 0 Å². The molecule has 0 radical (unpaired) electrons. The molecule has 15 heteroatoms.